The van der Waals surface area contributed by atoms with Crippen LogP contribution in [0.3, 0.4) is 0 Å². The number of ether oxygens (including phenoxy) is 1. The fraction of sp³-hybridized carbons (Fsp3) is 0.308. The highest BCUT2D eigenvalue weighted by molar-refractivity contribution is 5.93. The molecule has 0 bridgehead atoms. The summed E-state index contributed by atoms with van der Waals surface area (Å²) in [5.74, 6) is -0.444. The van der Waals surface area contributed by atoms with Gasteiger partial charge in [0, 0.05) is 25.5 Å². The van der Waals surface area contributed by atoms with E-state index in [0.29, 0.717) is 12.3 Å². The number of fused-ring (bicyclic) bond motifs is 1. The van der Waals surface area contributed by atoms with Gasteiger partial charge in [-0.15, -0.1) is 0 Å². The van der Waals surface area contributed by atoms with Crippen LogP contribution >= 0.6 is 0 Å². The molecular formula is C13H15N3O3. The van der Waals surface area contributed by atoms with Crippen LogP contribution in [0.1, 0.15) is 17.3 Å². The minimum Gasteiger partial charge on any atom is -0.383 e. The number of aromatic nitrogens is 2. The maximum atomic E-state index is 12.1. The molecule has 0 fully saturated rings. The molecule has 2 heterocycles. The Morgan fingerprint density at radius 1 is 1.53 bits per heavy atom. The highest BCUT2D eigenvalue weighted by atomic mass is 16.5. The number of nitrogens with one attached hydrogen (secondary N) is 1. The average molecular weight is 261 g/mol. The summed E-state index contributed by atoms with van der Waals surface area (Å²) < 4.78 is 6.27. The molecule has 19 heavy (non-hydrogen) atoms. The molecule has 1 unspecified atom stereocenters. The van der Waals surface area contributed by atoms with Gasteiger partial charge in [0.15, 0.2) is 0 Å². The predicted octanol–water partition coefficient (Wildman–Crippen LogP) is 0.459. The number of pyridine rings is 1. The second-order valence-corrected chi connectivity index (χ2v) is 4.24. The third kappa shape index (κ3) is 2.79. The number of carbonyl (C=O) groups is 1. The number of rotatable bonds is 4. The van der Waals surface area contributed by atoms with Crippen molar-refractivity contribution in [2.75, 3.05) is 13.7 Å². The number of amides is 1. The van der Waals surface area contributed by atoms with Crippen molar-refractivity contribution in [2.45, 2.75) is 13.0 Å². The van der Waals surface area contributed by atoms with Crippen LogP contribution in [0.25, 0.3) is 5.65 Å². The van der Waals surface area contributed by atoms with Crippen LogP contribution in [-0.2, 0) is 4.74 Å². The van der Waals surface area contributed by atoms with Gasteiger partial charge in [0.05, 0.1) is 6.61 Å². The van der Waals surface area contributed by atoms with Gasteiger partial charge in [0.25, 0.3) is 11.5 Å². The molecule has 0 aliphatic rings. The van der Waals surface area contributed by atoms with Gasteiger partial charge in [-0.05, 0) is 19.1 Å². The topological polar surface area (TPSA) is 72.7 Å². The second-order valence-electron chi connectivity index (χ2n) is 4.24. The molecule has 0 aliphatic carbocycles. The zero-order chi connectivity index (χ0) is 13.8. The molecule has 1 amide bonds. The van der Waals surface area contributed by atoms with Crippen LogP contribution in [0.2, 0.25) is 0 Å². The Morgan fingerprint density at radius 3 is 3.05 bits per heavy atom. The van der Waals surface area contributed by atoms with Crippen LogP contribution in [0.5, 0.6) is 0 Å². The lowest BCUT2D eigenvalue weighted by atomic mass is 10.2. The summed E-state index contributed by atoms with van der Waals surface area (Å²) in [5.41, 5.74) is 0.147. The van der Waals surface area contributed by atoms with E-state index in [9.17, 15) is 9.59 Å². The number of nitrogens with zero attached hydrogens (tertiary/aromatic N) is 2. The number of carbonyl (C=O) groups excluding carboxylic acids is 1. The van der Waals surface area contributed by atoms with Gasteiger partial charge in [0.1, 0.15) is 11.2 Å². The fourth-order valence-electron chi connectivity index (χ4n) is 1.78. The molecule has 0 radical (unpaired) electrons. The Labute approximate surface area is 110 Å². The molecule has 0 aromatic carbocycles. The van der Waals surface area contributed by atoms with Gasteiger partial charge in [0.2, 0.25) is 0 Å². The van der Waals surface area contributed by atoms with Crippen LogP contribution in [0.15, 0.2) is 35.4 Å². The maximum absolute atomic E-state index is 12.1. The smallest absolute Gasteiger partial charge is 0.270 e. The van der Waals surface area contributed by atoms with Gasteiger partial charge < -0.3 is 10.1 Å². The van der Waals surface area contributed by atoms with E-state index in [2.05, 4.69) is 10.3 Å². The molecule has 1 atom stereocenters. The van der Waals surface area contributed by atoms with Crippen LogP contribution in [0, 0.1) is 0 Å². The molecule has 2 rings (SSSR count). The first-order valence-electron chi connectivity index (χ1n) is 5.89. The zero-order valence-electron chi connectivity index (χ0n) is 10.8. The zero-order valence-corrected chi connectivity index (χ0v) is 10.8. The van der Waals surface area contributed by atoms with E-state index >= 15 is 0 Å². The fourth-order valence-corrected chi connectivity index (χ4v) is 1.78. The SMILES string of the molecule is COCC(C)NC(=O)c1cnc2ccccn2c1=O. The van der Waals surface area contributed by atoms with E-state index in [1.807, 2.05) is 0 Å². The largest absolute Gasteiger partial charge is 0.383 e. The highest BCUT2D eigenvalue weighted by Crippen LogP contribution is 1.98. The molecule has 0 spiro atoms. The Morgan fingerprint density at radius 2 is 2.32 bits per heavy atom. The van der Waals surface area contributed by atoms with E-state index in [1.54, 1.807) is 38.4 Å². The lowest BCUT2D eigenvalue weighted by molar-refractivity contribution is 0.0903. The summed E-state index contributed by atoms with van der Waals surface area (Å²) >= 11 is 0. The Kier molecular flexibility index (Phi) is 3.91. The number of hydrogen-bond donors (Lipinski definition) is 1. The summed E-state index contributed by atoms with van der Waals surface area (Å²) in [7, 11) is 1.55. The van der Waals surface area contributed by atoms with Crippen molar-refractivity contribution in [1.29, 1.82) is 0 Å². The molecule has 0 aliphatic heterocycles. The van der Waals surface area contributed by atoms with E-state index in [-0.39, 0.29) is 17.2 Å². The molecule has 0 saturated heterocycles. The van der Waals surface area contributed by atoms with Gasteiger partial charge >= 0.3 is 0 Å². The first-order chi connectivity index (χ1) is 9.13. The summed E-state index contributed by atoms with van der Waals surface area (Å²) in [6.07, 6.45) is 2.88. The van der Waals surface area contributed by atoms with E-state index < -0.39 is 5.91 Å². The van der Waals surface area contributed by atoms with Crippen LogP contribution in [-0.4, -0.2) is 35.1 Å². The standard InChI is InChI=1S/C13H15N3O3/c1-9(8-19-2)15-12(17)10-7-14-11-5-3-4-6-16(11)13(10)18/h3-7,9H,8H2,1-2H3,(H,15,17). The molecule has 6 heteroatoms. The van der Waals surface area contributed by atoms with Crippen molar-refractivity contribution in [1.82, 2.24) is 14.7 Å². The molecule has 0 saturated carbocycles. The van der Waals surface area contributed by atoms with Gasteiger partial charge in [-0.1, -0.05) is 6.07 Å². The van der Waals surface area contributed by atoms with Crippen LogP contribution < -0.4 is 10.9 Å². The average Bonchev–Trinajstić information content (AvgIpc) is 2.39. The van der Waals surface area contributed by atoms with Gasteiger partial charge in [-0.25, -0.2) is 4.98 Å². The summed E-state index contributed by atoms with van der Waals surface area (Å²) in [4.78, 5) is 28.2. The second kappa shape index (κ2) is 5.62. The monoisotopic (exact) mass is 261 g/mol. The first-order valence-corrected chi connectivity index (χ1v) is 5.89. The molecule has 6 nitrogen and oxygen atoms in total. The third-order valence-electron chi connectivity index (χ3n) is 2.65. The quantitative estimate of drug-likeness (QED) is 0.867. The summed E-state index contributed by atoms with van der Waals surface area (Å²) in [6, 6.07) is 5.03. The molecule has 1 N–H and O–H groups in total. The lowest BCUT2D eigenvalue weighted by Crippen LogP contribution is -2.39. The Bertz CT molecular complexity index is 651. The number of methoxy groups -OCH3 is 1. The van der Waals surface area contributed by atoms with Crippen LogP contribution in [0.4, 0.5) is 0 Å². The predicted molar refractivity (Wildman–Crippen MR) is 70.3 cm³/mol. The Hall–Kier alpha value is -2.21. The van der Waals surface area contributed by atoms with Crippen molar-refractivity contribution in [2.24, 2.45) is 0 Å². The van der Waals surface area contributed by atoms with Crippen molar-refractivity contribution in [3.8, 4) is 0 Å². The Balaban J connectivity index is 2.33. The molecule has 2 aromatic heterocycles. The maximum Gasteiger partial charge on any atom is 0.270 e. The number of hydrogen-bond acceptors (Lipinski definition) is 4. The lowest BCUT2D eigenvalue weighted by Gasteiger charge is -2.12. The molecule has 2 aromatic rings. The highest BCUT2D eigenvalue weighted by Gasteiger charge is 2.15. The van der Waals surface area contributed by atoms with Crippen molar-refractivity contribution >= 4 is 11.6 Å². The minimum atomic E-state index is -0.444. The molecular weight excluding hydrogens is 246 g/mol. The molecule has 100 valence electrons. The summed E-state index contributed by atoms with van der Waals surface area (Å²) in [6.45, 7) is 2.18. The normalized spacial score (nSPS) is 12.3. The van der Waals surface area contributed by atoms with E-state index in [1.165, 1.54) is 10.6 Å². The minimum absolute atomic E-state index is 0.0200. The van der Waals surface area contributed by atoms with Gasteiger partial charge in [-0.3, -0.25) is 14.0 Å². The van der Waals surface area contributed by atoms with Crippen molar-refractivity contribution in [3.63, 3.8) is 0 Å². The third-order valence-corrected chi connectivity index (χ3v) is 2.65. The van der Waals surface area contributed by atoms with Crippen molar-refractivity contribution in [3.05, 3.63) is 46.5 Å². The first kappa shape index (κ1) is 13.2. The van der Waals surface area contributed by atoms with Crippen molar-refractivity contribution < 1.29 is 9.53 Å². The van der Waals surface area contributed by atoms with E-state index in [4.69, 9.17) is 4.74 Å². The van der Waals surface area contributed by atoms with E-state index in [0.717, 1.165) is 0 Å². The van der Waals surface area contributed by atoms with Gasteiger partial charge in [-0.2, -0.15) is 0 Å². The summed E-state index contributed by atoms with van der Waals surface area (Å²) in [5, 5.41) is 2.69.